The minimum absolute atomic E-state index is 0.0447. The van der Waals surface area contributed by atoms with E-state index in [1.807, 2.05) is 11.3 Å². The molecule has 0 unspecified atom stereocenters. The normalized spacial score (nSPS) is 13.0. The van der Waals surface area contributed by atoms with Crippen LogP contribution in [0.3, 0.4) is 0 Å². The topological polar surface area (TPSA) is 9.86 Å². The molecule has 5 heterocycles. The van der Waals surface area contributed by atoms with E-state index >= 15 is 0 Å². The Morgan fingerprint density at radius 2 is 1.03 bits per heavy atom. The smallest absolute Gasteiger partial charge is 0.253 e. The summed E-state index contributed by atoms with van der Waals surface area (Å²) in [6.07, 6.45) is 0. The number of aromatic nitrogens is 2. The van der Waals surface area contributed by atoms with Gasteiger partial charge in [0.2, 0.25) is 0 Å². The summed E-state index contributed by atoms with van der Waals surface area (Å²) in [6.45, 7) is 7.09. The molecule has 0 saturated heterocycles. The molecule has 16 rings (SSSR count). The summed E-state index contributed by atoms with van der Waals surface area (Å²) in [7, 11) is 0. The van der Waals surface area contributed by atoms with Crippen molar-refractivity contribution in [3.63, 3.8) is 0 Å². The molecule has 0 saturated carbocycles. The van der Waals surface area contributed by atoms with Crippen molar-refractivity contribution in [2.45, 2.75) is 26.2 Å². The number of hydrogen-bond acceptors (Lipinski definition) is 1. The third-order valence-corrected chi connectivity index (χ3v) is 17.2. The standard InChI is InChI=1S/C66H43BN2S/c1-66(2,3)41-35-55-60-56(36-41)69-62(39-20-8-5-9-21-39)58(38-18-6-4-7-19-38)50-29-17-30-53(63(50)69)67(60)61-59-48-26-13-12-23-44(48)43-22-10-11-24-45(43)51(59)37-52-46-33-32-40(34-54(46)68(55)64(52)61)42-27-16-28-49-47-25-14-15-31-57(47)70-65(42)49/h4-37H,1-3H3. The molecule has 0 amide bonds. The highest BCUT2D eigenvalue weighted by Crippen LogP contribution is 2.49. The zero-order valence-electron chi connectivity index (χ0n) is 39.0. The van der Waals surface area contributed by atoms with Crippen LogP contribution in [-0.4, -0.2) is 15.8 Å². The lowest BCUT2D eigenvalue weighted by atomic mass is 9.33. The van der Waals surface area contributed by atoms with Crippen molar-refractivity contribution >= 4 is 120 Å². The molecular weight excluding hydrogens is 864 g/mol. The van der Waals surface area contributed by atoms with Crippen LogP contribution in [0.1, 0.15) is 26.3 Å². The van der Waals surface area contributed by atoms with Crippen LogP contribution in [0.2, 0.25) is 0 Å². The molecule has 0 aliphatic carbocycles. The molecule has 11 aromatic carbocycles. The van der Waals surface area contributed by atoms with Gasteiger partial charge in [0.1, 0.15) is 0 Å². The molecule has 70 heavy (non-hydrogen) atoms. The van der Waals surface area contributed by atoms with Crippen LogP contribution in [0.4, 0.5) is 0 Å². The van der Waals surface area contributed by atoms with Gasteiger partial charge in [-0.05, 0) is 112 Å². The van der Waals surface area contributed by atoms with E-state index in [9.17, 15) is 0 Å². The maximum absolute atomic E-state index is 2.71. The molecule has 4 heteroatoms. The SMILES string of the molecule is CC(C)(C)c1cc2c3c(c1)-n1c4cc(-c5cccc6c5sc5ccccc56)ccc4c4cc5c6ccccc6c6ccccc6c5c(c41)B3c1cccc3c(-c4ccccc4)c(-c4ccccc4)n-2c13. The summed E-state index contributed by atoms with van der Waals surface area (Å²) < 4.78 is 8.04. The van der Waals surface area contributed by atoms with Crippen LogP contribution in [0.5, 0.6) is 0 Å². The van der Waals surface area contributed by atoms with Crippen LogP contribution in [0, 0.1) is 0 Å². The van der Waals surface area contributed by atoms with E-state index in [-0.39, 0.29) is 12.1 Å². The first-order valence-electron chi connectivity index (χ1n) is 24.6. The molecule has 326 valence electrons. The van der Waals surface area contributed by atoms with Crippen LogP contribution in [-0.2, 0) is 5.41 Å². The van der Waals surface area contributed by atoms with Gasteiger partial charge < -0.3 is 9.13 Å². The number of hydrogen-bond donors (Lipinski definition) is 0. The van der Waals surface area contributed by atoms with Crippen molar-refractivity contribution in [3.8, 4) is 44.9 Å². The quantitative estimate of drug-likeness (QED) is 0.123. The zero-order valence-corrected chi connectivity index (χ0v) is 39.8. The third kappa shape index (κ3) is 4.98. The van der Waals surface area contributed by atoms with Crippen molar-refractivity contribution in [1.29, 1.82) is 0 Å². The maximum atomic E-state index is 2.71. The minimum atomic E-state index is -0.137. The van der Waals surface area contributed by atoms with E-state index < -0.39 is 0 Å². The second kappa shape index (κ2) is 13.8. The van der Waals surface area contributed by atoms with Crippen LogP contribution >= 0.6 is 11.3 Å². The van der Waals surface area contributed by atoms with Crippen molar-refractivity contribution in [1.82, 2.24) is 9.13 Å². The Kier molecular flexibility index (Phi) is 7.61. The molecule has 0 atom stereocenters. The fraction of sp³-hybridized carbons (Fsp3) is 0.0606. The Morgan fingerprint density at radius 1 is 0.414 bits per heavy atom. The molecule has 14 aromatic rings. The molecular formula is C66H43BN2S. The molecule has 2 aliphatic heterocycles. The van der Waals surface area contributed by atoms with Gasteiger partial charge in [0.15, 0.2) is 0 Å². The lowest BCUT2D eigenvalue weighted by molar-refractivity contribution is 0.589. The first kappa shape index (κ1) is 38.8. The monoisotopic (exact) mass is 906 g/mol. The average Bonchev–Trinajstić information content (AvgIpc) is 4.07. The van der Waals surface area contributed by atoms with Crippen LogP contribution in [0.25, 0.3) is 130 Å². The van der Waals surface area contributed by atoms with Gasteiger partial charge in [-0.2, -0.15) is 0 Å². The van der Waals surface area contributed by atoms with Gasteiger partial charge in [-0.3, -0.25) is 0 Å². The number of nitrogens with zero attached hydrogens (tertiary/aromatic N) is 2. The Morgan fingerprint density at radius 3 is 1.79 bits per heavy atom. The summed E-state index contributed by atoms with van der Waals surface area (Å²) in [5.74, 6) is 0. The lowest BCUT2D eigenvalue weighted by Gasteiger charge is -2.36. The summed E-state index contributed by atoms with van der Waals surface area (Å²) in [4.78, 5) is 0. The van der Waals surface area contributed by atoms with Crippen LogP contribution < -0.4 is 16.4 Å². The number of fused-ring (bicyclic) bond motifs is 17. The fourth-order valence-corrected chi connectivity index (χ4v) is 14.3. The highest BCUT2D eigenvalue weighted by atomic mass is 32.1. The Bertz CT molecular complexity index is 4620. The van der Waals surface area contributed by atoms with E-state index in [1.165, 1.54) is 152 Å². The summed E-state index contributed by atoms with van der Waals surface area (Å²) in [6, 6.07) is 78.5. The number of para-hydroxylation sites is 1. The predicted molar refractivity (Wildman–Crippen MR) is 303 cm³/mol. The molecule has 0 N–H and O–H groups in total. The number of thiophene rings is 1. The summed E-state index contributed by atoms with van der Waals surface area (Å²) >= 11 is 1.91. The molecule has 2 aliphatic rings. The largest absolute Gasteiger partial charge is 0.310 e. The van der Waals surface area contributed by atoms with Gasteiger partial charge in [-0.1, -0.05) is 197 Å². The number of benzene rings is 11. The van der Waals surface area contributed by atoms with Gasteiger partial charge in [0, 0.05) is 58.8 Å². The van der Waals surface area contributed by atoms with E-state index in [1.54, 1.807) is 0 Å². The van der Waals surface area contributed by atoms with E-state index in [4.69, 9.17) is 0 Å². The van der Waals surface area contributed by atoms with Crippen LogP contribution in [0.15, 0.2) is 206 Å². The van der Waals surface area contributed by atoms with Crippen molar-refractivity contribution in [3.05, 3.63) is 212 Å². The van der Waals surface area contributed by atoms with E-state index in [0.29, 0.717) is 0 Å². The Balaban J connectivity index is 1.14. The zero-order chi connectivity index (χ0) is 46.1. The minimum Gasteiger partial charge on any atom is -0.310 e. The molecule has 0 spiro atoms. The summed E-state index contributed by atoms with van der Waals surface area (Å²) in [5, 5.41) is 14.4. The molecule has 0 bridgehead atoms. The van der Waals surface area contributed by atoms with Crippen molar-refractivity contribution in [2.75, 3.05) is 0 Å². The van der Waals surface area contributed by atoms with Crippen molar-refractivity contribution < 1.29 is 0 Å². The van der Waals surface area contributed by atoms with E-state index in [2.05, 4.69) is 236 Å². The van der Waals surface area contributed by atoms with Gasteiger partial charge in [0.25, 0.3) is 6.71 Å². The highest BCUT2D eigenvalue weighted by Gasteiger charge is 2.44. The van der Waals surface area contributed by atoms with Gasteiger partial charge in [-0.15, -0.1) is 11.3 Å². The molecule has 0 radical (unpaired) electrons. The van der Waals surface area contributed by atoms with Gasteiger partial charge in [0.05, 0.1) is 16.7 Å². The Hall–Kier alpha value is -8.18. The highest BCUT2D eigenvalue weighted by molar-refractivity contribution is 7.26. The fourth-order valence-electron chi connectivity index (χ4n) is 13.1. The predicted octanol–water partition coefficient (Wildman–Crippen LogP) is 16.0. The van der Waals surface area contributed by atoms with Crippen molar-refractivity contribution in [2.24, 2.45) is 0 Å². The van der Waals surface area contributed by atoms with Gasteiger partial charge >= 0.3 is 0 Å². The molecule has 3 aromatic heterocycles. The molecule has 2 nitrogen and oxygen atoms in total. The summed E-state index contributed by atoms with van der Waals surface area (Å²) in [5.41, 5.74) is 19.2. The second-order valence-electron chi connectivity index (χ2n) is 20.7. The molecule has 0 fully saturated rings. The second-order valence-corrected chi connectivity index (χ2v) is 21.7. The number of rotatable bonds is 3. The Labute approximate surface area is 409 Å². The maximum Gasteiger partial charge on any atom is 0.253 e. The third-order valence-electron chi connectivity index (χ3n) is 16.0. The van der Waals surface area contributed by atoms with E-state index in [0.717, 1.165) is 0 Å². The average molecular weight is 907 g/mol. The van der Waals surface area contributed by atoms with Gasteiger partial charge in [-0.25, -0.2) is 0 Å². The first-order chi connectivity index (χ1) is 34.4. The lowest BCUT2D eigenvalue weighted by Crippen LogP contribution is -2.59. The first-order valence-corrected chi connectivity index (χ1v) is 25.4.